The van der Waals surface area contributed by atoms with Crippen molar-refractivity contribution in [3.63, 3.8) is 0 Å². The van der Waals surface area contributed by atoms with E-state index >= 15 is 0 Å². The van der Waals surface area contributed by atoms with Crippen LogP contribution in [0.1, 0.15) is 31.2 Å². The summed E-state index contributed by atoms with van der Waals surface area (Å²) in [6.07, 6.45) is 3.36. The van der Waals surface area contributed by atoms with E-state index in [2.05, 4.69) is 10.3 Å². The van der Waals surface area contributed by atoms with E-state index in [9.17, 15) is 4.39 Å². The van der Waals surface area contributed by atoms with Crippen LogP contribution in [0.15, 0.2) is 22.6 Å². The third-order valence-corrected chi connectivity index (χ3v) is 2.99. The highest BCUT2D eigenvalue weighted by molar-refractivity contribution is 5.73. The number of piperidine rings is 1. The molecule has 4 heteroatoms. The number of hydrogen-bond donors (Lipinski definition) is 1. The van der Waals surface area contributed by atoms with Gasteiger partial charge in [0.2, 0.25) is 5.89 Å². The molecular weight excluding hydrogens is 207 g/mol. The van der Waals surface area contributed by atoms with E-state index < -0.39 is 0 Å². The van der Waals surface area contributed by atoms with Gasteiger partial charge in [-0.2, -0.15) is 0 Å². The molecule has 1 unspecified atom stereocenters. The second kappa shape index (κ2) is 3.87. The van der Waals surface area contributed by atoms with Gasteiger partial charge in [0.05, 0.1) is 6.04 Å². The van der Waals surface area contributed by atoms with E-state index in [-0.39, 0.29) is 17.4 Å². The van der Waals surface area contributed by atoms with Crippen LogP contribution in [0.3, 0.4) is 0 Å². The molecule has 0 saturated carbocycles. The highest BCUT2D eigenvalue weighted by atomic mass is 19.1. The molecule has 1 aromatic carbocycles. The number of rotatable bonds is 1. The number of nitrogens with zero attached hydrogens (tertiary/aromatic N) is 1. The van der Waals surface area contributed by atoms with Crippen LogP contribution >= 0.6 is 0 Å². The molecule has 1 aliphatic rings. The lowest BCUT2D eigenvalue weighted by atomic mass is 10.1. The van der Waals surface area contributed by atoms with Gasteiger partial charge in [-0.1, -0.05) is 12.5 Å². The topological polar surface area (TPSA) is 38.1 Å². The van der Waals surface area contributed by atoms with Crippen LogP contribution in [-0.2, 0) is 0 Å². The minimum atomic E-state index is -0.341. The Labute approximate surface area is 92.7 Å². The van der Waals surface area contributed by atoms with Crippen LogP contribution in [0.5, 0.6) is 0 Å². The van der Waals surface area contributed by atoms with Gasteiger partial charge in [0, 0.05) is 0 Å². The van der Waals surface area contributed by atoms with Gasteiger partial charge in [0.15, 0.2) is 11.4 Å². The zero-order valence-corrected chi connectivity index (χ0v) is 8.87. The Morgan fingerprint density at radius 2 is 2.31 bits per heavy atom. The maximum atomic E-state index is 13.4. The molecule has 1 atom stereocenters. The van der Waals surface area contributed by atoms with Crippen LogP contribution in [0, 0.1) is 5.82 Å². The Morgan fingerprint density at radius 3 is 3.06 bits per heavy atom. The average Bonchev–Trinajstić information content (AvgIpc) is 2.76. The highest BCUT2D eigenvalue weighted by Gasteiger charge is 2.21. The summed E-state index contributed by atoms with van der Waals surface area (Å²) in [4.78, 5) is 4.33. The summed E-state index contributed by atoms with van der Waals surface area (Å²) in [5.41, 5.74) is 0.868. The molecule has 0 spiro atoms. The van der Waals surface area contributed by atoms with Gasteiger partial charge in [0.25, 0.3) is 0 Å². The van der Waals surface area contributed by atoms with Crippen molar-refractivity contribution in [1.82, 2.24) is 10.3 Å². The molecule has 16 heavy (non-hydrogen) atoms. The van der Waals surface area contributed by atoms with Gasteiger partial charge < -0.3 is 9.73 Å². The summed E-state index contributed by atoms with van der Waals surface area (Å²) >= 11 is 0. The molecule has 2 heterocycles. The predicted octanol–water partition coefficient (Wildman–Crippen LogP) is 2.78. The number of fused-ring (bicyclic) bond motifs is 1. The van der Waals surface area contributed by atoms with Gasteiger partial charge in [-0.25, -0.2) is 9.37 Å². The van der Waals surface area contributed by atoms with E-state index in [1.165, 1.54) is 18.9 Å². The normalized spacial score (nSPS) is 21.4. The molecule has 0 radical (unpaired) electrons. The first-order valence-corrected chi connectivity index (χ1v) is 5.63. The fourth-order valence-electron chi connectivity index (χ4n) is 2.14. The predicted molar refractivity (Wildman–Crippen MR) is 58.6 cm³/mol. The summed E-state index contributed by atoms with van der Waals surface area (Å²) in [7, 11) is 0. The Morgan fingerprint density at radius 1 is 1.38 bits per heavy atom. The van der Waals surface area contributed by atoms with Gasteiger partial charge in [-0.15, -0.1) is 0 Å². The quantitative estimate of drug-likeness (QED) is 0.803. The van der Waals surface area contributed by atoms with Gasteiger partial charge >= 0.3 is 0 Å². The van der Waals surface area contributed by atoms with E-state index in [1.807, 2.05) is 0 Å². The first kappa shape index (κ1) is 9.78. The first-order valence-electron chi connectivity index (χ1n) is 5.63. The molecule has 84 valence electrons. The maximum absolute atomic E-state index is 13.4. The van der Waals surface area contributed by atoms with Crippen molar-refractivity contribution in [2.75, 3.05) is 6.54 Å². The first-order chi connectivity index (χ1) is 7.84. The lowest BCUT2D eigenvalue weighted by Crippen LogP contribution is -2.26. The number of halogens is 1. The van der Waals surface area contributed by atoms with Crippen molar-refractivity contribution < 1.29 is 8.81 Å². The summed E-state index contributed by atoms with van der Waals surface area (Å²) in [6.45, 7) is 0.978. The largest absolute Gasteiger partial charge is 0.436 e. The number of nitrogens with one attached hydrogen (secondary N) is 1. The van der Waals surface area contributed by atoms with E-state index in [0.29, 0.717) is 11.4 Å². The molecule has 1 aromatic heterocycles. The molecular formula is C12H13FN2O. The van der Waals surface area contributed by atoms with Crippen molar-refractivity contribution in [3.05, 3.63) is 29.9 Å². The molecule has 1 aliphatic heterocycles. The van der Waals surface area contributed by atoms with Crippen LogP contribution < -0.4 is 5.32 Å². The Balaban J connectivity index is 2.01. The molecule has 0 aliphatic carbocycles. The summed E-state index contributed by atoms with van der Waals surface area (Å²) in [6, 6.07) is 4.96. The molecule has 2 aromatic rings. The van der Waals surface area contributed by atoms with Gasteiger partial charge in [-0.05, 0) is 31.5 Å². The Bertz CT molecular complexity index is 503. The highest BCUT2D eigenvalue weighted by Crippen LogP contribution is 2.26. The molecule has 1 N–H and O–H groups in total. The number of para-hydroxylation sites is 1. The average molecular weight is 220 g/mol. The Hall–Kier alpha value is -1.42. The lowest BCUT2D eigenvalue weighted by molar-refractivity contribution is 0.345. The van der Waals surface area contributed by atoms with Crippen molar-refractivity contribution in [2.45, 2.75) is 25.3 Å². The Kier molecular flexibility index (Phi) is 2.36. The third kappa shape index (κ3) is 1.59. The maximum Gasteiger partial charge on any atom is 0.212 e. The van der Waals surface area contributed by atoms with E-state index in [0.717, 1.165) is 13.0 Å². The molecule has 0 bridgehead atoms. The van der Waals surface area contributed by atoms with Crippen molar-refractivity contribution >= 4 is 11.1 Å². The van der Waals surface area contributed by atoms with E-state index in [4.69, 9.17) is 4.42 Å². The summed E-state index contributed by atoms with van der Waals surface area (Å²) in [5.74, 6) is 0.270. The number of oxazole rings is 1. The van der Waals surface area contributed by atoms with Crippen LogP contribution in [-0.4, -0.2) is 11.5 Å². The van der Waals surface area contributed by atoms with Gasteiger partial charge in [-0.3, -0.25) is 0 Å². The number of benzene rings is 1. The summed E-state index contributed by atoms with van der Waals surface area (Å²) < 4.78 is 18.9. The van der Waals surface area contributed by atoms with Crippen molar-refractivity contribution in [2.24, 2.45) is 0 Å². The van der Waals surface area contributed by atoms with Crippen molar-refractivity contribution in [1.29, 1.82) is 0 Å². The molecule has 0 amide bonds. The fourth-order valence-corrected chi connectivity index (χ4v) is 2.14. The molecule has 3 rings (SSSR count). The van der Waals surface area contributed by atoms with E-state index in [1.54, 1.807) is 12.1 Å². The minimum Gasteiger partial charge on any atom is -0.436 e. The van der Waals surface area contributed by atoms with Crippen LogP contribution in [0.25, 0.3) is 11.1 Å². The molecule has 3 nitrogen and oxygen atoms in total. The second-order valence-electron chi connectivity index (χ2n) is 4.14. The second-order valence-corrected chi connectivity index (χ2v) is 4.14. The minimum absolute atomic E-state index is 0.139. The third-order valence-electron chi connectivity index (χ3n) is 2.99. The molecule has 1 saturated heterocycles. The number of aromatic nitrogens is 1. The zero-order valence-electron chi connectivity index (χ0n) is 8.87. The zero-order chi connectivity index (χ0) is 11.0. The number of hydrogen-bond acceptors (Lipinski definition) is 3. The SMILES string of the molecule is Fc1cccc2nc(C3CCCCN3)oc12. The summed E-state index contributed by atoms with van der Waals surface area (Å²) in [5, 5.41) is 3.34. The standard InChI is InChI=1S/C12H13FN2O/c13-8-4-3-6-9-11(8)16-12(15-9)10-5-1-2-7-14-10/h3-4,6,10,14H,1-2,5,7H2. The van der Waals surface area contributed by atoms with Crippen molar-refractivity contribution in [3.8, 4) is 0 Å². The molecule has 1 fully saturated rings. The fraction of sp³-hybridized carbons (Fsp3) is 0.417. The van der Waals surface area contributed by atoms with Crippen LogP contribution in [0.2, 0.25) is 0 Å². The smallest absolute Gasteiger partial charge is 0.212 e. The lowest BCUT2D eigenvalue weighted by Gasteiger charge is -2.19. The monoisotopic (exact) mass is 220 g/mol. The van der Waals surface area contributed by atoms with Gasteiger partial charge in [0.1, 0.15) is 5.52 Å². The van der Waals surface area contributed by atoms with Crippen LogP contribution in [0.4, 0.5) is 4.39 Å².